The summed E-state index contributed by atoms with van der Waals surface area (Å²) in [6, 6.07) is 11.4. The van der Waals surface area contributed by atoms with Gasteiger partial charge >= 0.3 is 12.4 Å². The molecule has 0 saturated carbocycles. The van der Waals surface area contributed by atoms with Crippen molar-refractivity contribution in [3.63, 3.8) is 0 Å². The van der Waals surface area contributed by atoms with Crippen molar-refractivity contribution >= 4 is 43.2 Å². The maximum absolute atomic E-state index is 13.8. The van der Waals surface area contributed by atoms with Gasteiger partial charge in [-0.05, 0) is 60.9 Å². The number of nitrogens with zero attached hydrogens (tertiary/aromatic N) is 2. The van der Waals surface area contributed by atoms with Crippen LogP contribution in [-0.2, 0) is 33.4 Å². The number of amides is 1. The van der Waals surface area contributed by atoms with Crippen molar-refractivity contribution in [2.75, 3.05) is 4.31 Å². The van der Waals surface area contributed by atoms with Crippen LogP contribution >= 0.6 is 11.3 Å². The topological polar surface area (TPSA) is 99.6 Å². The number of rotatable bonds is 7. The van der Waals surface area contributed by atoms with Crippen LogP contribution in [0, 0.1) is 5.82 Å². The molecular formula is C28H22F7N3O4S2. The van der Waals surface area contributed by atoms with Gasteiger partial charge < -0.3 is 10.4 Å². The Hall–Kier alpha value is -3.76. The number of benzene rings is 3. The zero-order valence-electron chi connectivity index (χ0n) is 22.3. The normalized spacial score (nSPS) is 16.2. The van der Waals surface area contributed by atoms with Crippen LogP contribution in [0.2, 0.25) is 0 Å². The molecule has 1 aromatic heterocycles. The van der Waals surface area contributed by atoms with E-state index in [1.807, 2.05) is 12.1 Å². The average Bonchev–Trinajstić information content (AvgIpc) is 3.37. The molecule has 234 valence electrons. The van der Waals surface area contributed by atoms with E-state index in [1.165, 1.54) is 11.3 Å². The molecular weight excluding hydrogens is 639 g/mol. The second kappa shape index (κ2) is 11.3. The van der Waals surface area contributed by atoms with Gasteiger partial charge in [0, 0.05) is 12.0 Å². The number of fused-ring (bicyclic) bond motifs is 2. The number of carbonyl (C=O) groups is 1. The van der Waals surface area contributed by atoms with E-state index >= 15 is 0 Å². The second-order valence-corrected chi connectivity index (χ2v) is 13.0. The number of hydrogen-bond acceptors (Lipinski definition) is 6. The SMILES string of the molecule is O=C(CC1CCc2cc(C(O)(C(F)(F)F)C(F)(F)F)ccc2N1S(=O)(=O)c1ccc(F)cc1)NCc1nc2ccccc2s1. The maximum Gasteiger partial charge on any atom is 0.430 e. The smallest absolute Gasteiger partial charge is 0.369 e. The summed E-state index contributed by atoms with van der Waals surface area (Å²) in [5, 5.41) is 13.1. The van der Waals surface area contributed by atoms with Crippen LogP contribution in [0.25, 0.3) is 10.2 Å². The van der Waals surface area contributed by atoms with Crippen LogP contribution < -0.4 is 9.62 Å². The summed E-state index contributed by atoms with van der Waals surface area (Å²) in [7, 11) is -4.61. The first-order valence-electron chi connectivity index (χ1n) is 12.9. The molecule has 44 heavy (non-hydrogen) atoms. The fraction of sp³-hybridized carbons (Fsp3) is 0.286. The molecule has 0 fully saturated rings. The summed E-state index contributed by atoms with van der Waals surface area (Å²) in [5.41, 5.74) is -6.54. The van der Waals surface area contributed by atoms with Crippen molar-refractivity contribution in [3.8, 4) is 0 Å². The van der Waals surface area contributed by atoms with Crippen molar-refractivity contribution in [3.05, 3.63) is 88.7 Å². The van der Waals surface area contributed by atoms with E-state index in [4.69, 9.17) is 0 Å². The van der Waals surface area contributed by atoms with Gasteiger partial charge in [-0.25, -0.2) is 17.8 Å². The van der Waals surface area contributed by atoms with Crippen LogP contribution in [0.3, 0.4) is 0 Å². The van der Waals surface area contributed by atoms with Crippen molar-refractivity contribution in [2.45, 2.75) is 54.7 Å². The van der Waals surface area contributed by atoms with E-state index in [9.17, 15) is 49.1 Å². The molecule has 1 amide bonds. The molecule has 1 aliphatic heterocycles. The van der Waals surface area contributed by atoms with Gasteiger partial charge in [0.2, 0.25) is 5.91 Å². The number of thiazole rings is 1. The predicted molar refractivity (Wildman–Crippen MR) is 147 cm³/mol. The third kappa shape index (κ3) is 5.73. The lowest BCUT2D eigenvalue weighted by atomic mass is 9.87. The number of sulfonamides is 1. The minimum absolute atomic E-state index is 0.0308. The summed E-state index contributed by atoms with van der Waals surface area (Å²) >= 11 is 1.34. The van der Waals surface area contributed by atoms with Crippen LogP contribution in [0.5, 0.6) is 0 Å². The molecule has 5 rings (SSSR count). The minimum atomic E-state index is -6.14. The van der Waals surface area contributed by atoms with Gasteiger partial charge in [0.15, 0.2) is 0 Å². The van der Waals surface area contributed by atoms with Gasteiger partial charge in [-0.1, -0.05) is 24.3 Å². The van der Waals surface area contributed by atoms with Crippen molar-refractivity contribution < 1.29 is 49.1 Å². The average molecular weight is 662 g/mol. The molecule has 0 bridgehead atoms. The summed E-state index contributed by atoms with van der Waals surface area (Å²) in [6.45, 7) is 0.0308. The fourth-order valence-electron chi connectivity index (χ4n) is 5.04. The number of nitrogens with one attached hydrogen (secondary N) is 1. The lowest BCUT2D eigenvalue weighted by Gasteiger charge is -2.39. The van der Waals surface area contributed by atoms with Crippen LogP contribution in [0.1, 0.15) is 29.0 Å². The van der Waals surface area contributed by atoms with E-state index in [2.05, 4.69) is 10.3 Å². The van der Waals surface area contributed by atoms with Gasteiger partial charge in [0.25, 0.3) is 15.6 Å². The molecule has 2 heterocycles. The Bertz CT molecular complexity index is 1760. The van der Waals surface area contributed by atoms with E-state index in [-0.39, 0.29) is 30.6 Å². The highest BCUT2D eigenvalue weighted by Gasteiger charge is 2.71. The molecule has 3 aromatic carbocycles. The van der Waals surface area contributed by atoms with Crippen LogP contribution in [0.4, 0.5) is 36.4 Å². The Balaban J connectivity index is 1.49. The molecule has 0 spiro atoms. The number of alkyl halides is 6. The zero-order chi connectivity index (χ0) is 32.1. The third-order valence-electron chi connectivity index (χ3n) is 7.20. The minimum Gasteiger partial charge on any atom is -0.369 e. The highest BCUT2D eigenvalue weighted by atomic mass is 32.2. The third-order valence-corrected chi connectivity index (χ3v) is 10.1. The molecule has 1 aliphatic rings. The molecule has 4 aromatic rings. The van der Waals surface area contributed by atoms with Gasteiger partial charge in [-0.2, -0.15) is 26.3 Å². The van der Waals surface area contributed by atoms with Gasteiger partial charge in [0.05, 0.1) is 33.4 Å². The first-order chi connectivity index (χ1) is 20.5. The number of halogens is 7. The van der Waals surface area contributed by atoms with Crippen molar-refractivity contribution in [2.24, 2.45) is 0 Å². The fourth-order valence-corrected chi connectivity index (χ4v) is 7.66. The Morgan fingerprint density at radius 1 is 1.00 bits per heavy atom. The number of anilines is 1. The lowest BCUT2D eigenvalue weighted by molar-refractivity contribution is -0.376. The Morgan fingerprint density at radius 3 is 2.30 bits per heavy atom. The largest absolute Gasteiger partial charge is 0.430 e. The summed E-state index contributed by atoms with van der Waals surface area (Å²) in [4.78, 5) is 17.0. The molecule has 0 aliphatic carbocycles. The number of carbonyl (C=O) groups excluding carboxylic acids is 1. The van der Waals surface area contributed by atoms with Gasteiger partial charge in [-0.3, -0.25) is 9.10 Å². The Labute approximate surface area is 250 Å². The number of aromatic nitrogens is 1. The molecule has 7 nitrogen and oxygen atoms in total. The van der Waals surface area contributed by atoms with E-state index in [0.29, 0.717) is 17.1 Å². The molecule has 0 radical (unpaired) electrons. The summed E-state index contributed by atoms with van der Waals surface area (Å²) in [5.74, 6) is -1.34. The Kier molecular flexibility index (Phi) is 8.13. The quantitative estimate of drug-likeness (QED) is 0.238. The number of aliphatic hydroxyl groups is 1. The first kappa shape index (κ1) is 31.7. The standard InChI is InChI=1S/C28H22F7N3O4S2/c29-18-7-10-20(11-8-18)44(41,42)38-19(14-24(39)36-15-25-37-21-3-1-2-4-23(21)43-25)9-5-16-13-17(6-12-22(16)38)26(40,27(30,31)32)28(33,34)35/h1-4,6-8,10-13,19,40H,5,9,14-15H2,(H,36,39). The monoisotopic (exact) mass is 661 g/mol. The van der Waals surface area contributed by atoms with E-state index in [1.54, 1.807) is 12.1 Å². The summed E-state index contributed by atoms with van der Waals surface area (Å²) in [6.07, 6.45) is -13.1. The highest BCUT2D eigenvalue weighted by molar-refractivity contribution is 7.92. The molecule has 2 N–H and O–H groups in total. The van der Waals surface area contributed by atoms with E-state index < -0.39 is 62.6 Å². The van der Waals surface area contributed by atoms with E-state index in [0.717, 1.165) is 44.9 Å². The van der Waals surface area contributed by atoms with Gasteiger partial charge in [0.1, 0.15) is 10.8 Å². The maximum atomic E-state index is 13.8. The zero-order valence-corrected chi connectivity index (χ0v) is 23.9. The van der Waals surface area contributed by atoms with Gasteiger partial charge in [-0.15, -0.1) is 11.3 Å². The van der Waals surface area contributed by atoms with Crippen LogP contribution in [0.15, 0.2) is 71.6 Å². The molecule has 0 saturated heterocycles. The Morgan fingerprint density at radius 2 is 1.66 bits per heavy atom. The second-order valence-electron chi connectivity index (χ2n) is 10.1. The predicted octanol–water partition coefficient (Wildman–Crippen LogP) is 5.96. The highest BCUT2D eigenvalue weighted by Crippen LogP contribution is 2.51. The molecule has 16 heteroatoms. The number of aryl methyl sites for hydroxylation is 1. The van der Waals surface area contributed by atoms with Crippen molar-refractivity contribution in [1.82, 2.24) is 10.3 Å². The van der Waals surface area contributed by atoms with Crippen LogP contribution in [-0.4, -0.2) is 42.8 Å². The number of hydrogen-bond donors (Lipinski definition) is 2. The van der Waals surface area contributed by atoms with Crippen molar-refractivity contribution in [1.29, 1.82) is 0 Å². The number of para-hydroxylation sites is 1. The molecule has 1 atom stereocenters. The first-order valence-corrected chi connectivity index (χ1v) is 15.2. The summed E-state index contributed by atoms with van der Waals surface area (Å²) < 4.78 is 124. The lowest BCUT2D eigenvalue weighted by Crippen LogP contribution is -2.54. The molecule has 1 unspecified atom stereocenters.